The molecule has 7 nitrogen and oxygen atoms in total. The van der Waals surface area contributed by atoms with Crippen LogP contribution >= 0.6 is 0 Å². The van der Waals surface area contributed by atoms with E-state index in [1.807, 2.05) is 50.2 Å². The standard InChI is InChI=1S/C25H26N2O5S/c1-17-8-7-11-21(14-17)27-33(30,31)22-13-12-18(2)23(15-22)25(29)32-16-24(28)26-19(3)20-9-5-4-6-10-20/h4-15,19,27H,16H2,1-3H3,(H,26,28)/t19-/m1/s1. The van der Waals surface area contributed by atoms with E-state index in [9.17, 15) is 18.0 Å². The molecule has 3 aromatic carbocycles. The smallest absolute Gasteiger partial charge is 0.338 e. The minimum atomic E-state index is -3.92. The normalized spacial score (nSPS) is 12.0. The molecule has 0 aliphatic rings. The Kier molecular flexibility index (Phi) is 7.50. The summed E-state index contributed by atoms with van der Waals surface area (Å²) in [6.45, 7) is 4.87. The van der Waals surface area contributed by atoms with Gasteiger partial charge in [0.15, 0.2) is 6.61 Å². The molecule has 3 rings (SSSR count). The van der Waals surface area contributed by atoms with Crippen LogP contribution in [0.2, 0.25) is 0 Å². The first kappa shape index (κ1) is 24.0. The van der Waals surface area contributed by atoms with Gasteiger partial charge in [-0.3, -0.25) is 9.52 Å². The lowest BCUT2D eigenvalue weighted by atomic mass is 10.1. The molecule has 0 unspecified atom stereocenters. The summed E-state index contributed by atoms with van der Waals surface area (Å²) in [4.78, 5) is 24.7. The molecule has 0 aromatic heterocycles. The third-order valence-corrected chi connectivity index (χ3v) is 6.40. The van der Waals surface area contributed by atoms with Crippen molar-refractivity contribution in [1.29, 1.82) is 0 Å². The maximum atomic E-state index is 12.8. The molecule has 0 radical (unpaired) electrons. The lowest BCUT2D eigenvalue weighted by molar-refractivity contribution is -0.124. The number of esters is 1. The Morgan fingerprint density at radius 1 is 0.939 bits per heavy atom. The van der Waals surface area contributed by atoms with Gasteiger partial charge in [0.1, 0.15) is 0 Å². The number of ether oxygens (including phenoxy) is 1. The predicted molar refractivity (Wildman–Crippen MR) is 126 cm³/mol. The zero-order valence-electron chi connectivity index (χ0n) is 18.7. The highest BCUT2D eigenvalue weighted by Gasteiger charge is 2.20. The zero-order valence-corrected chi connectivity index (χ0v) is 19.5. The van der Waals surface area contributed by atoms with Crippen molar-refractivity contribution < 1.29 is 22.7 Å². The fourth-order valence-corrected chi connectivity index (χ4v) is 4.30. The van der Waals surface area contributed by atoms with Crippen molar-refractivity contribution in [3.63, 3.8) is 0 Å². The Hall–Kier alpha value is -3.65. The Morgan fingerprint density at radius 3 is 2.36 bits per heavy atom. The maximum Gasteiger partial charge on any atom is 0.338 e. The first-order chi connectivity index (χ1) is 15.7. The average molecular weight is 467 g/mol. The third kappa shape index (κ3) is 6.43. The van der Waals surface area contributed by atoms with Gasteiger partial charge in [-0.1, -0.05) is 48.5 Å². The number of hydrogen-bond donors (Lipinski definition) is 2. The van der Waals surface area contributed by atoms with Gasteiger partial charge in [0.2, 0.25) is 0 Å². The van der Waals surface area contributed by atoms with Crippen molar-refractivity contribution >= 4 is 27.6 Å². The number of sulfonamides is 1. The number of hydrogen-bond acceptors (Lipinski definition) is 5. The Bertz CT molecular complexity index is 1260. The highest BCUT2D eigenvalue weighted by molar-refractivity contribution is 7.92. The van der Waals surface area contributed by atoms with E-state index in [4.69, 9.17) is 4.74 Å². The number of benzene rings is 3. The summed E-state index contributed by atoms with van der Waals surface area (Å²) in [5, 5.41) is 2.76. The molecule has 0 saturated heterocycles. The SMILES string of the molecule is Cc1cccc(NS(=O)(=O)c2ccc(C)c(C(=O)OCC(=O)N[C@H](C)c3ccccc3)c2)c1. The number of amides is 1. The molecule has 33 heavy (non-hydrogen) atoms. The molecular weight excluding hydrogens is 440 g/mol. The van der Waals surface area contributed by atoms with E-state index in [0.717, 1.165) is 11.1 Å². The summed E-state index contributed by atoms with van der Waals surface area (Å²) < 4.78 is 33.2. The molecule has 0 aliphatic carbocycles. The van der Waals surface area contributed by atoms with Crippen LogP contribution in [-0.2, 0) is 19.6 Å². The number of aryl methyl sites for hydroxylation is 2. The average Bonchev–Trinajstić information content (AvgIpc) is 2.78. The van der Waals surface area contributed by atoms with Gasteiger partial charge in [0.25, 0.3) is 15.9 Å². The second kappa shape index (κ2) is 10.3. The van der Waals surface area contributed by atoms with Crippen LogP contribution < -0.4 is 10.0 Å². The number of carbonyl (C=O) groups excluding carboxylic acids is 2. The highest BCUT2D eigenvalue weighted by atomic mass is 32.2. The quantitative estimate of drug-likeness (QED) is 0.486. The predicted octanol–water partition coefficient (Wildman–Crippen LogP) is 4.14. The molecule has 2 N–H and O–H groups in total. The minimum absolute atomic E-state index is 0.0750. The maximum absolute atomic E-state index is 12.8. The summed E-state index contributed by atoms with van der Waals surface area (Å²) >= 11 is 0. The van der Waals surface area contributed by atoms with Crippen LogP contribution in [0.5, 0.6) is 0 Å². The summed E-state index contributed by atoms with van der Waals surface area (Å²) in [5.41, 5.74) is 2.86. The minimum Gasteiger partial charge on any atom is -0.452 e. The molecule has 0 aliphatic heterocycles. The van der Waals surface area contributed by atoms with E-state index < -0.39 is 28.5 Å². The van der Waals surface area contributed by atoms with E-state index in [1.165, 1.54) is 18.2 Å². The molecule has 0 bridgehead atoms. The van der Waals surface area contributed by atoms with E-state index in [1.54, 1.807) is 25.1 Å². The fourth-order valence-electron chi connectivity index (χ4n) is 3.23. The van der Waals surface area contributed by atoms with Crippen molar-refractivity contribution in [3.8, 4) is 0 Å². The van der Waals surface area contributed by atoms with Crippen LogP contribution in [0.15, 0.2) is 77.7 Å². The molecule has 1 atom stereocenters. The van der Waals surface area contributed by atoms with Gasteiger partial charge in [0, 0.05) is 5.69 Å². The molecular formula is C25H26N2O5S. The van der Waals surface area contributed by atoms with Crippen molar-refractivity contribution in [3.05, 3.63) is 95.1 Å². The molecule has 0 fully saturated rings. The van der Waals surface area contributed by atoms with E-state index in [0.29, 0.717) is 11.3 Å². The fraction of sp³-hybridized carbons (Fsp3) is 0.200. The van der Waals surface area contributed by atoms with Crippen molar-refractivity contribution in [2.24, 2.45) is 0 Å². The van der Waals surface area contributed by atoms with Gasteiger partial charge < -0.3 is 10.1 Å². The van der Waals surface area contributed by atoms with Gasteiger partial charge >= 0.3 is 5.97 Å². The van der Waals surface area contributed by atoms with E-state index in [2.05, 4.69) is 10.0 Å². The molecule has 8 heteroatoms. The molecule has 0 saturated carbocycles. The van der Waals surface area contributed by atoms with Gasteiger partial charge in [-0.25, -0.2) is 13.2 Å². The van der Waals surface area contributed by atoms with Crippen LogP contribution in [0.1, 0.15) is 40.0 Å². The van der Waals surface area contributed by atoms with Crippen LogP contribution in [0, 0.1) is 13.8 Å². The van der Waals surface area contributed by atoms with Gasteiger partial charge in [-0.2, -0.15) is 0 Å². The van der Waals surface area contributed by atoms with Crippen LogP contribution in [0.25, 0.3) is 0 Å². The van der Waals surface area contributed by atoms with E-state index >= 15 is 0 Å². The molecule has 0 spiro atoms. The molecule has 3 aromatic rings. The number of carbonyl (C=O) groups is 2. The summed E-state index contributed by atoms with van der Waals surface area (Å²) in [7, 11) is -3.92. The van der Waals surface area contributed by atoms with Crippen LogP contribution in [-0.4, -0.2) is 26.9 Å². The van der Waals surface area contributed by atoms with Gasteiger partial charge in [-0.15, -0.1) is 0 Å². The summed E-state index contributed by atoms with van der Waals surface area (Å²) in [6, 6.07) is 20.3. The highest BCUT2D eigenvalue weighted by Crippen LogP contribution is 2.20. The lowest BCUT2D eigenvalue weighted by Crippen LogP contribution is -2.31. The van der Waals surface area contributed by atoms with Gasteiger partial charge in [-0.05, 0) is 61.7 Å². The molecule has 172 valence electrons. The third-order valence-electron chi connectivity index (χ3n) is 5.02. The lowest BCUT2D eigenvalue weighted by Gasteiger charge is -2.15. The molecule has 1 amide bonds. The monoisotopic (exact) mass is 466 g/mol. The Morgan fingerprint density at radius 2 is 1.67 bits per heavy atom. The summed E-state index contributed by atoms with van der Waals surface area (Å²) in [6.07, 6.45) is 0. The first-order valence-electron chi connectivity index (χ1n) is 10.4. The molecule has 0 heterocycles. The topological polar surface area (TPSA) is 102 Å². The van der Waals surface area contributed by atoms with Crippen LogP contribution in [0.3, 0.4) is 0 Å². The Labute approximate surface area is 193 Å². The largest absolute Gasteiger partial charge is 0.452 e. The second-order valence-corrected chi connectivity index (χ2v) is 9.41. The van der Waals surface area contributed by atoms with Crippen LogP contribution in [0.4, 0.5) is 5.69 Å². The van der Waals surface area contributed by atoms with E-state index in [-0.39, 0.29) is 16.5 Å². The zero-order chi connectivity index (χ0) is 24.0. The first-order valence-corrected chi connectivity index (χ1v) is 11.9. The summed E-state index contributed by atoms with van der Waals surface area (Å²) in [5.74, 6) is -1.23. The number of nitrogens with one attached hydrogen (secondary N) is 2. The van der Waals surface area contributed by atoms with Crippen molar-refractivity contribution in [2.75, 3.05) is 11.3 Å². The Balaban J connectivity index is 1.67. The number of rotatable bonds is 8. The van der Waals surface area contributed by atoms with Crippen molar-refractivity contribution in [1.82, 2.24) is 5.32 Å². The second-order valence-electron chi connectivity index (χ2n) is 7.73. The van der Waals surface area contributed by atoms with Gasteiger partial charge in [0.05, 0.1) is 16.5 Å². The van der Waals surface area contributed by atoms with Crippen molar-refractivity contribution in [2.45, 2.75) is 31.7 Å². The number of anilines is 1.